The molecule has 2 rings (SSSR count). The lowest BCUT2D eigenvalue weighted by Crippen LogP contribution is -2.60. The van der Waals surface area contributed by atoms with Gasteiger partial charge in [0.15, 0.2) is 0 Å². The van der Waals surface area contributed by atoms with Gasteiger partial charge in [-0.3, -0.25) is 4.79 Å². The third kappa shape index (κ3) is 5.14. The number of rotatable bonds is 1. The van der Waals surface area contributed by atoms with E-state index in [1.165, 1.54) is 12.1 Å². The molecule has 0 aliphatic carbocycles. The van der Waals surface area contributed by atoms with Crippen molar-refractivity contribution < 1.29 is 27.5 Å². The molecule has 0 spiro atoms. The molecule has 1 saturated heterocycles. The molecule has 0 radical (unpaired) electrons. The van der Waals surface area contributed by atoms with Crippen molar-refractivity contribution in [3.63, 3.8) is 0 Å². The summed E-state index contributed by atoms with van der Waals surface area (Å²) in [5.74, 6) is -0.355. The van der Waals surface area contributed by atoms with E-state index in [-0.39, 0.29) is 30.1 Å². The fraction of sp³-hybridized carbons (Fsp3) is 0.579. The summed E-state index contributed by atoms with van der Waals surface area (Å²) in [7, 11) is 0. The van der Waals surface area contributed by atoms with Crippen molar-refractivity contribution in [1.29, 1.82) is 0 Å². The molecule has 0 N–H and O–H groups in total. The highest BCUT2D eigenvalue weighted by molar-refractivity contribution is 5.94. The summed E-state index contributed by atoms with van der Waals surface area (Å²) in [5, 5.41) is 0. The van der Waals surface area contributed by atoms with Crippen molar-refractivity contribution in [1.82, 2.24) is 9.80 Å². The van der Waals surface area contributed by atoms with E-state index in [4.69, 9.17) is 4.74 Å². The first kappa shape index (κ1) is 21.1. The second kappa shape index (κ2) is 7.40. The third-order valence-electron chi connectivity index (χ3n) is 4.33. The van der Waals surface area contributed by atoms with Crippen molar-refractivity contribution in [3.05, 3.63) is 35.4 Å². The lowest BCUT2D eigenvalue weighted by Gasteiger charge is -2.44. The minimum atomic E-state index is -4.44. The van der Waals surface area contributed by atoms with Gasteiger partial charge in [0.05, 0.1) is 5.56 Å². The highest BCUT2D eigenvalue weighted by atomic mass is 19.4. The molecule has 0 aromatic heterocycles. The van der Waals surface area contributed by atoms with Gasteiger partial charge in [0.25, 0.3) is 5.91 Å². The van der Waals surface area contributed by atoms with E-state index >= 15 is 0 Å². The number of carbonyl (C=O) groups is 2. The van der Waals surface area contributed by atoms with Crippen LogP contribution in [0, 0.1) is 0 Å². The van der Waals surface area contributed by atoms with Gasteiger partial charge in [0.2, 0.25) is 0 Å². The minimum absolute atomic E-state index is 0.188. The van der Waals surface area contributed by atoms with Gasteiger partial charge in [-0.2, -0.15) is 13.2 Å². The van der Waals surface area contributed by atoms with Gasteiger partial charge in [0.1, 0.15) is 5.60 Å². The smallest absolute Gasteiger partial charge is 0.416 e. The maximum atomic E-state index is 12.7. The molecule has 8 heteroatoms. The Labute approximate surface area is 157 Å². The molecule has 1 aromatic carbocycles. The second-order valence-electron chi connectivity index (χ2n) is 7.86. The van der Waals surface area contributed by atoms with Crippen molar-refractivity contribution in [2.24, 2.45) is 0 Å². The number of carbonyl (C=O) groups excluding carboxylic acids is 2. The molecule has 27 heavy (non-hydrogen) atoms. The summed E-state index contributed by atoms with van der Waals surface area (Å²) in [5.41, 5.74) is -1.23. The number of amides is 2. The molecule has 1 aliphatic heterocycles. The molecule has 5 nitrogen and oxygen atoms in total. The Morgan fingerprint density at radius 3 is 1.93 bits per heavy atom. The summed E-state index contributed by atoms with van der Waals surface area (Å²) in [6.07, 6.45) is -4.88. The molecular formula is C19H25F3N2O3. The fourth-order valence-corrected chi connectivity index (χ4v) is 2.95. The highest BCUT2D eigenvalue weighted by Gasteiger charge is 2.37. The summed E-state index contributed by atoms with van der Waals surface area (Å²) < 4.78 is 43.4. The van der Waals surface area contributed by atoms with Crippen LogP contribution >= 0.6 is 0 Å². The first-order valence-electron chi connectivity index (χ1n) is 8.77. The number of hydrogen-bond acceptors (Lipinski definition) is 3. The van der Waals surface area contributed by atoms with E-state index in [0.717, 1.165) is 12.1 Å². The molecule has 0 bridgehead atoms. The van der Waals surface area contributed by atoms with Crippen molar-refractivity contribution in [2.75, 3.05) is 13.1 Å². The van der Waals surface area contributed by atoms with Crippen LogP contribution in [-0.2, 0) is 10.9 Å². The van der Waals surface area contributed by atoms with Crippen LogP contribution in [0.25, 0.3) is 0 Å². The van der Waals surface area contributed by atoms with Crippen LogP contribution in [-0.4, -0.2) is 52.6 Å². The predicted octanol–water partition coefficient (Wildman–Crippen LogP) is 4.18. The number of hydrogen-bond donors (Lipinski definition) is 0. The number of alkyl halides is 3. The van der Waals surface area contributed by atoms with Crippen LogP contribution < -0.4 is 0 Å². The summed E-state index contributed by atoms with van der Waals surface area (Å²) in [4.78, 5) is 28.2. The van der Waals surface area contributed by atoms with Gasteiger partial charge in [0, 0.05) is 30.7 Å². The lowest BCUT2D eigenvalue weighted by atomic mass is 10.1. The molecule has 1 aliphatic rings. The maximum Gasteiger partial charge on any atom is 0.416 e. The first-order chi connectivity index (χ1) is 12.3. The number of ether oxygens (including phenoxy) is 1. The van der Waals surface area contributed by atoms with Gasteiger partial charge in [-0.25, -0.2) is 4.79 Å². The van der Waals surface area contributed by atoms with Crippen molar-refractivity contribution >= 4 is 12.0 Å². The average Bonchev–Trinajstić information content (AvgIpc) is 2.53. The summed E-state index contributed by atoms with van der Waals surface area (Å²) in [6.45, 7) is 9.52. The molecule has 150 valence electrons. The Balaban J connectivity index is 2.10. The SMILES string of the molecule is CC1CN(C(=O)c2ccc(C(F)(F)F)cc2)C(C)CN1C(=O)OC(C)(C)C. The van der Waals surface area contributed by atoms with E-state index in [1.54, 1.807) is 37.5 Å². The van der Waals surface area contributed by atoms with E-state index < -0.39 is 23.4 Å². The minimum Gasteiger partial charge on any atom is -0.444 e. The van der Waals surface area contributed by atoms with Gasteiger partial charge in [-0.1, -0.05) is 0 Å². The standard InChI is InChI=1S/C19H25F3N2O3/c1-12-11-24(17(26)27-18(3,4)5)13(2)10-23(12)16(25)14-6-8-15(9-7-14)19(20,21)22/h6-9,12-13H,10-11H2,1-5H3. The predicted molar refractivity (Wildman–Crippen MR) is 94.3 cm³/mol. The zero-order chi connectivity index (χ0) is 20.6. The monoisotopic (exact) mass is 386 g/mol. The number of benzene rings is 1. The van der Waals surface area contributed by atoms with E-state index in [1.807, 2.05) is 6.92 Å². The Morgan fingerprint density at radius 1 is 0.963 bits per heavy atom. The van der Waals surface area contributed by atoms with Crippen LogP contribution in [0.4, 0.5) is 18.0 Å². The Hall–Kier alpha value is -2.25. The van der Waals surface area contributed by atoms with Gasteiger partial charge < -0.3 is 14.5 Å². The molecular weight excluding hydrogens is 361 g/mol. The fourth-order valence-electron chi connectivity index (χ4n) is 2.95. The highest BCUT2D eigenvalue weighted by Crippen LogP contribution is 2.29. The molecule has 1 aromatic rings. The number of piperazine rings is 1. The first-order valence-corrected chi connectivity index (χ1v) is 8.77. The summed E-state index contributed by atoms with van der Waals surface area (Å²) >= 11 is 0. The molecule has 1 heterocycles. The zero-order valence-electron chi connectivity index (χ0n) is 16.1. The quantitative estimate of drug-likeness (QED) is 0.728. The van der Waals surface area contributed by atoms with E-state index in [0.29, 0.717) is 6.54 Å². The topological polar surface area (TPSA) is 49.9 Å². The van der Waals surface area contributed by atoms with Gasteiger partial charge in [-0.15, -0.1) is 0 Å². The van der Waals surface area contributed by atoms with Gasteiger partial charge in [-0.05, 0) is 58.9 Å². The molecule has 0 saturated carbocycles. The normalized spacial score (nSPS) is 21.2. The maximum absolute atomic E-state index is 12.7. The zero-order valence-corrected chi connectivity index (χ0v) is 16.1. The number of halogens is 3. The largest absolute Gasteiger partial charge is 0.444 e. The summed E-state index contributed by atoms with van der Waals surface area (Å²) in [6, 6.07) is 3.61. The lowest BCUT2D eigenvalue weighted by molar-refractivity contribution is -0.137. The van der Waals surface area contributed by atoms with E-state index in [9.17, 15) is 22.8 Å². The molecule has 2 atom stereocenters. The average molecular weight is 386 g/mol. The van der Waals surface area contributed by atoms with Crippen LogP contribution in [0.3, 0.4) is 0 Å². The van der Waals surface area contributed by atoms with Crippen LogP contribution in [0.5, 0.6) is 0 Å². The Morgan fingerprint density at radius 2 is 1.44 bits per heavy atom. The van der Waals surface area contributed by atoms with Crippen LogP contribution in [0.2, 0.25) is 0 Å². The Bertz CT molecular complexity index is 696. The molecule has 1 fully saturated rings. The number of nitrogens with zero attached hydrogens (tertiary/aromatic N) is 2. The van der Waals surface area contributed by atoms with Crippen molar-refractivity contribution in [2.45, 2.75) is 58.5 Å². The second-order valence-corrected chi connectivity index (χ2v) is 7.86. The van der Waals surface area contributed by atoms with Gasteiger partial charge >= 0.3 is 12.3 Å². The van der Waals surface area contributed by atoms with E-state index in [2.05, 4.69) is 0 Å². The molecule has 2 unspecified atom stereocenters. The van der Waals surface area contributed by atoms with Crippen LogP contribution in [0.15, 0.2) is 24.3 Å². The Kier molecular flexibility index (Phi) is 5.77. The molecule has 2 amide bonds. The third-order valence-corrected chi connectivity index (χ3v) is 4.33. The van der Waals surface area contributed by atoms with Crippen LogP contribution in [0.1, 0.15) is 50.5 Å². The van der Waals surface area contributed by atoms with Crippen molar-refractivity contribution in [3.8, 4) is 0 Å².